The van der Waals surface area contributed by atoms with Gasteiger partial charge in [0.1, 0.15) is 17.6 Å². The molecule has 0 radical (unpaired) electrons. The number of aromatic nitrogens is 3. The number of rotatable bonds is 6. The Morgan fingerprint density at radius 3 is 2.65 bits per heavy atom. The number of hydrogen-bond acceptors (Lipinski definition) is 7. The van der Waals surface area contributed by atoms with Crippen LogP contribution < -0.4 is 4.74 Å². The highest BCUT2D eigenvalue weighted by atomic mass is 32.2. The Morgan fingerprint density at radius 2 is 1.94 bits per heavy atom. The molecule has 162 valence electrons. The average molecular weight is 442 g/mol. The number of benzene rings is 2. The molecular weight excluding hydrogens is 420 g/mol. The zero-order valence-electron chi connectivity index (χ0n) is 16.9. The molecule has 3 aromatic rings. The summed E-state index contributed by atoms with van der Waals surface area (Å²) in [7, 11) is -3.28. The molecule has 1 aliphatic heterocycles. The lowest BCUT2D eigenvalue weighted by molar-refractivity contribution is -0.142. The normalized spacial score (nSPS) is 16.8. The minimum absolute atomic E-state index is 0.0888. The SMILES string of the molecule is CS(=O)(=O)c1ccc(-c2n[nH]c(C3COCCN3C(=O)COc3ccccc3)n2)cc1. The predicted molar refractivity (Wildman–Crippen MR) is 112 cm³/mol. The van der Waals surface area contributed by atoms with Crippen molar-refractivity contribution in [2.45, 2.75) is 10.9 Å². The van der Waals surface area contributed by atoms with E-state index in [1.165, 1.54) is 12.1 Å². The molecule has 1 N–H and O–H groups in total. The van der Waals surface area contributed by atoms with Gasteiger partial charge in [0, 0.05) is 18.4 Å². The van der Waals surface area contributed by atoms with Gasteiger partial charge in [-0.1, -0.05) is 18.2 Å². The molecule has 1 aromatic heterocycles. The highest BCUT2D eigenvalue weighted by Crippen LogP contribution is 2.25. The fourth-order valence-corrected chi connectivity index (χ4v) is 3.91. The number of carbonyl (C=O) groups is 1. The van der Waals surface area contributed by atoms with Gasteiger partial charge < -0.3 is 14.4 Å². The Kier molecular flexibility index (Phi) is 6.01. The van der Waals surface area contributed by atoms with E-state index in [1.807, 2.05) is 18.2 Å². The summed E-state index contributed by atoms with van der Waals surface area (Å²) in [5, 5.41) is 7.11. The summed E-state index contributed by atoms with van der Waals surface area (Å²) >= 11 is 0. The summed E-state index contributed by atoms with van der Waals surface area (Å²) in [6.45, 7) is 1.05. The number of nitrogens with zero attached hydrogens (tertiary/aromatic N) is 3. The monoisotopic (exact) mass is 442 g/mol. The number of aromatic amines is 1. The molecule has 1 unspecified atom stereocenters. The van der Waals surface area contributed by atoms with Gasteiger partial charge >= 0.3 is 0 Å². The van der Waals surface area contributed by atoms with Gasteiger partial charge in [-0.2, -0.15) is 5.10 Å². The molecule has 1 amide bonds. The number of carbonyl (C=O) groups excluding carboxylic acids is 1. The van der Waals surface area contributed by atoms with Crippen LogP contribution in [0, 0.1) is 0 Å². The third-order valence-corrected chi connectivity index (χ3v) is 6.04. The zero-order valence-corrected chi connectivity index (χ0v) is 17.7. The van der Waals surface area contributed by atoms with Crippen molar-refractivity contribution >= 4 is 15.7 Å². The Balaban J connectivity index is 1.48. The van der Waals surface area contributed by atoms with E-state index in [-0.39, 0.29) is 17.4 Å². The quantitative estimate of drug-likeness (QED) is 0.620. The van der Waals surface area contributed by atoms with Crippen molar-refractivity contribution in [3.05, 3.63) is 60.4 Å². The van der Waals surface area contributed by atoms with Gasteiger partial charge in [-0.05, 0) is 36.4 Å². The number of morpholine rings is 1. The van der Waals surface area contributed by atoms with E-state index in [1.54, 1.807) is 29.2 Å². The summed E-state index contributed by atoms with van der Waals surface area (Å²) < 4.78 is 34.4. The number of hydrogen-bond donors (Lipinski definition) is 1. The Morgan fingerprint density at radius 1 is 1.19 bits per heavy atom. The van der Waals surface area contributed by atoms with E-state index in [9.17, 15) is 13.2 Å². The minimum Gasteiger partial charge on any atom is -0.484 e. The van der Waals surface area contributed by atoms with Crippen molar-refractivity contribution in [3.63, 3.8) is 0 Å². The fraction of sp³-hybridized carbons (Fsp3) is 0.286. The van der Waals surface area contributed by atoms with Gasteiger partial charge in [-0.25, -0.2) is 13.4 Å². The standard InChI is InChI=1S/C21H22N4O5S/c1-31(27,28)17-9-7-15(8-10-17)20-22-21(24-23-20)18-13-29-12-11-25(18)19(26)14-30-16-5-3-2-4-6-16/h2-10,18H,11-14H2,1H3,(H,22,23,24). The largest absolute Gasteiger partial charge is 0.484 e. The smallest absolute Gasteiger partial charge is 0.261 e. The van der Waals surface area contributed by atoms with Crippen LogP contribution in [0.5, 0.6) is 5.75 Å². The Hall–Kier alpha value is -3.24. The van der Waals surface area contributed by atoms with Crippen LogP contribution in [-0.4, -0.2) is 67.0 Å². The van der Waals surface area contributed by atoms with Crippen molar-refractivity contribution in [1.82, 2.24) is 20.1 Å². The zero-order chi connectivity index (χ0) is 21.8. The Bertz CT molecular complexity index is 1150. The lowest BCUT2D eigenvalue weighted by atomic mass is 10.2. The topological polar surface area (TPSA) is 114 Å². The highest BCUT2D eigenvalue weighted by molar-refractivity contribution is 7.90. The first-order valence-corrected chi connectivity index (χ1v) is 11.6. The van der Waals surface area contributed by atoms with Crippen molar-refractivity contribution in [1.29, 1.82) is 0 Å². The lowest BCUT2D eigenvalue weighted by Crippen LogP contribution is -2.45. The van der Waals surface area contributed by atoms with E-state index in [0.717, 1.165) is 6.26 Å². The van der Waals surface area contributed by atoms with Crippen LogP contribution in [0.25, 0.3) is 11.4 Å². The molecule has 2 aromatic carbocycles. The molecule has 1 saturated heterocycles. The molecule has 0 bridgehead atoms. The summed E-state index contributed by atoms with van der Waals surface area (Å²) in [6.07, 6.45) is 1.16. The summed E-state index contributed by atoms with van der Waals surface area (Å²) in [5.41, 5.74) is 0.664. The van der Waals surface area contributed by atoms with Gasteiger partial charge in [0.2, 0.25) is 0 Å². The maximum absolute atomic E-state index is 12.8. The van der Waals surface area contributed by atoms with Crippen molar-refractivity contribution in [3.8, 4) is 17.1 Å². The Labute approximate surface area is 179 Å². The number of nitrogens with one attached hydrogen (secondary N) is 1. The van der Waals surface area contributed by atoms with Crippen LogP contribution in [0.3, 0.4) is 0 Å². The molecule has 1 fully saturated rings. The van der Waals surface area contributed by atoms with Gasteiger partial charge in [-0.15, -0.1) is 0 Å². The van der Waals surface area contributed by atoms with Gasteiger partial charge in [0.05, 0.1) is 18.1 Å². The third-order valence-electron chi connectivity index (χ3n) is 4.91. The van der Waals surface area contributed by atoms with Crippen LogP contribution >= 0.6 is 0 Å². The van der Waals surface area contributed by atoms with Crippen LogP contribution in [-0.2, 0) is 19.4 Å². The van der Waals surface area contributed by atoms with Gasteiger partial charge in [0.25, 0.3) is 5.91 Å². The van der Waals surface area contributed by atoms with Crippen molar-refractivity contribution < 1.29 is 22.7 Å². The van der Waals surface area contributed by atoms with E-state index in [0.29, 0.717) is 42.7 Å². The maximum atomic E-state index is 12.8. The third kappa shape index (κ3) is 4.92. The molecular formula is C21H22N4O5S. The highest BCUT2D eigenvalue weighted by Gasteiger charge is 2.31. The van der Waals surface area contributed by atoms with Gasteiger partial charge in [-0.3, -0.25) is 9.89 Å². The average Bonchev–Trinajstić information content (AvgIpc) is 3.28. The van der Waals surface area contributed by atoms with Crippen molar-refractivity contribution in [2.75, 3.05) is 32.6 Å². The van der Waals surface area contributed by atoms with Crippen LogP contribution in [0.4, 0.5) is 0 Å². The number of amides is 1. The first kappa shape index (κ1) is 21.0. The number of H-pyrrole nitrogens is 1. The molecule has 4 rings (SSSR count). The summed E-state index contributed by atoms with van der Waals surface area (Å²) in [4.78, 5) is 19.2. The fourth-order valence-electron chi connectivity index (χ4n) is 3.28. The number of sulfone groups is 1. The molecule has 1 atom stereocenters. The molecule has 2 heterocycles. The summed E-state index contributed by atoms with van der Waals surface area (Å²) in [6, 6.07) is 15.1. The second-order valence-corrected chi connectivity index (χ2v) is 9.14. The van der Waals surface area contributed by atoms with Gasteiger partial charge in [0.15, 0.2) is 22.3 Å². The second-order valence-electron chi connectivity index (χ2n) is 7.12. The van der Waals surface area contributed by atoms with E-state index < -0.39 is 15.9 Å². The van der Waals surface area contributed by atoms with E-state index in [2.05, 4.69) is 15.2 Å². The minimum atomic E-state index is -3.28. The van der Waals surface area contributed by atoms with Crippen LogP contribution in [0.15, 0.2) is 59.5 Å². The predicted octanol–water partition coefficient (Wildman–Crippen LogP) is 1.85. The van der Waals surface area contributed by atoms with Crippen molar-refractivity contribution in [2.24, 2.45) is 0 Å². The first-order valence-electron chi connectivity index (χ1n) is 9.69. The number of para-hydroxylation sites is 1. The number of ether oxygens (including phenoxy) is 2. The van der Waals surface area contributed by atoms with E-state index >= 15 is 0 Å². The van der Waals surface area contributed by atoms with Crippen LogP contribution in [0.1, 0.15) is 11.9 Å². The van der Waals surface area contributed by atoms with E-state index in [4.69, 9.17) is 9.47 Å². The molecule has 10 heteroatoms. The molecule has 31 heavy (non-hydrogen) atoms. The second kappa shape index (κ2) is 8.86. The molecule has 0 spiro atoms. The molecule has 0 aliphatic carbocycles. The first-order chi connectivity index (χ1) is 14.9. The van der Waals surface area contributed by atoms with Crippen LogP contribution in [0.2, 0.25) is 0 Å². The summed E-state index contributed by atoms with van der Waals surface area (Å²) in [5.74, 6) is 1.36. The maximum Gasteiger partial charge on any atom is 0.261 e. The lowest BCUT2D eigenvalue weighted by Gasteiger charge is -2.34. The molecule has 9 nitrogen and oxygen atoms in total. The molecule has 0 saturated carbocycles. The molecule has 1 aliphatic rings.